The number of hydrogen-bond acceptors (Lipinski definition) is 3. The van der Waals surface area contributed by atoms with Crippen molar-refractivity contribution in [3.63, 3.8) is 0 Å². The van der Waals surface area contributed by atoms with Crippen molar-refractivity contribution in [1.29, 1.82) is 0 Å². The van der Waals surface area contributed by atoms with Gasteiger partial charge in [-0.25, -0.2) is 17.6 Å². The normalized spacial score (nSPS) is 26.0. The minimum atomic E-state index is -2.60. The van der Waals surface area contributed by atoms with Crippen LogP contribution in [0.15, 0.2) is 12.2 Å². The van der Waals surface area contributed by atoms with Crippen molar-refractivity contribution < 1.29 is 31.9 Å². The van der Waals surface area contributed by atoms with E-state index >= 15 is 4.39 Å². The SMILES string of the molecule is C=C(C)C(=O)N(C(F)C(=O)N(C(=O)C(C)(C)C)C1CC(F)C(F)C(F)C1)C(C)(C)C. The second kappa shape index (κ2) is 9.06. The maximum Gasteiger partial charge on any atom is 0.285 e. The van der Waals surface area contributed by atoms with Gasteiger partial charge in [0, 0.05) is 35.4 Å². The number of halogens is 4. The molecule has 30 heavy (non-hydrogen) atoms. The molecule has 0 N–H and O–H groups in total. The van der Waals surface area contributed by atoms with Gasteiger partial charge in [-0.2, -0.15) is 0 Å². The first-order chi connectivity index (χ1) is 13.4. The fraction of sp³-hybridized carbons (Fsp3) is 0.762. The molecular formula is C21H32F4N2O3. The van der Waals surface area contributed by atoms with Crippen molar-refractivity contribution in [2.24, 2.45) is 5.41 Å². The molecule has 0 aromatic heterocycles. The average Bonchev–Trinajstić information content (AvgIpc) is 2.57. The Labute approximate surface area is 175 Å². The fourth-order valence-electron chi connectivity index (χ4n) is 3.30. The van der Waals surface area contributed by atoms with Gasteiger partial charge in [0.25, 0.3) is 18.1 Å². The first kappa shape index (κ1) is 26.1. The smallest absolute Gasteiger partial charge is 0.285 e. The van der Waals surface area contributed by atoms with Crippen molar-refractivity contribution in [3.8, 4) is 0 Å². The van der Waals surface area contributed by atoms with Crippen LogP contribution in [-0.2, 0) is 14.4 Å². The summed E-state index contributed by atoms with van der Waals surface area (Å²) in [5.74, 6) is -3.12. The van der Waals surface area contributed by atoms with Crippen LogP contribution in [0.5, 0.6) is 0 Å². The van der Waals surface area contributed by atoms with E-state index in [1.165, 1.54) is 48.5 Å². The Balaban J connectivity index is 3.42. The molecule has 172 valence electrons. The van der Waals surface area contributed by atoms with E-state index in [-0.39, 0.29) is 5.57 Å². The van der Waals surface area contributed by atoms with Crippen LogP contribution in [0.2, 0.25) is 0 Å². The molecule has 1 aliphatic rings. The first-order valence-electron chi connectivity index (χ1n) is 9.84. The molecule has 1 aliphatic carbocycles. The van der Waals surface area contributed by atoms with Crippen LogP contribution in [0.1, 0.15) is 61.3 Å². The van der Waals surface area contributed by atoms with Gasteiger partial charge in [-0.1, -0.05) is 27.4 Å². The number of imide groups is 1. The van der Waals surface area contributed by atoms with Gasteiger partial charge in [0.1, 0.15) is 12.3 Å². The third-order valence-electron chi connectivity index (χ3n) is 4.89. The molecule has 3 amide bonds. The minimum Gasteiger partial charge on any atom is -0.296 e. The molecular weight excluding hydrogens is 404 g/mol. The van der Waals surface area contributed by atoms with Gasteiger partial charge in [0.15, 0.2) is 6.17 Å². The second-order valence-corrected chi connectivity index (χ2v) is 9.83. The summed E-state index contributed by atoms with van der Waals surface area (Å²) in [6.45, 7) is 13.7. The molecule has 0 radical (unpaired) electrons. The van der Waals surface area contributed by atoms with Crippen LogP contribution in [0.25, 0.3) is 0 Å². The molecule has 1 fully saturated rings. The predicted octanol–water partition coefficient (Wildman–Crippen LogP) is 4.06. The van der Waals surface area contributed by atoms with E-state index in [0.717, 1.165) is 0 Å². The molecule has 5 nitrogen and oxygen atoms in total. The first-order valence-corrected chi connectivity index (χ1v) is 9.84. The van der Waals surface area contributed by atoms with Crippen LogP contribution in [0, 0.1) is 5.41 Å². The number of alkyl halides is 4. The fourth-order valence-corrected chi connectivity index (χ4v) is 3.30. The van der Waals surface area contributed by atoms with Crippen LogP contribution in [0.4, 0.5) is 17.6 Å². The summed E-state index contributed by atoms with van der Waals surface area (Å²) in [5.41, 5.74) is -2.38. The maximum absolute atomic E-state index is 15.5. The second-order valence-electron chi connectivity index (χ2n) is 9.83. The van der Waals surface area contributed by atoms with Gasteiger partial charge in [-0.15, -0.1) is 0 Å². The Morgan fingerprint density at radius 3 is 1.73 bits per heavy atom. The van der Waals surface area contributed by atoms with E-state index in [1.54, 1.807) is 0 Å². The average molecular weight is 436 g/mol. The molecule has 3 unspecified atom stereocenters. The van der Waals surface area contributed by atoms with E-state index < -0.39 is 72.4 Å². The molecule has 9 heteroatoms. The predicted molar refractivity (Wildman–Crippen MR) is 105 cm³/mol. The van der Waals surface area contributed by atoms with Crippen LogP contribution < -0.4 is 0 Å². The summed E-state index contributed by atoms with van der Waals surface area (Å²) in [5, 5.41) is 0. The van der Waals surface area contributed by atoms with E-state index in [4.69, 9.17) is 0 Å². The molecule has 0 spiro atoms. The zero-order chi connectivity index (χ0) is 23.8. The van der Waals surface area contributed by atoms with Crippen LogP contribution in [-0.4, -0.2) is 63.9 Å². The van der Waals surface area contributed by atoms with Gasteiger partial charge in [0.2, 0.25) is 5.91 Å². The summed E-state index contributed by atoms with van der Waals surface area (Å²) in [6.07, 6.45) is -10.7. The van der Waals surface area contributed by atoms with Crippen molar-refractivity contribution >= 4 is 17.7 Å². The largest absolute Gasteiger partial charge is 0.296 e. The van der Waals surface area contributed by atoms with Crippen molar-refractivity contribution in [1.82, 2.24) is 9.80 Å². The zero-order valence-corrected chi connectivity index (χ0v) is 18.6. The summed E-state index contributed by atoms with van der Waals surface area (Å²) < 4.78 is 57.1. The van der Waals surface area contributed by atoms with Gasteiger partial charge >= 0.3 is 0 Å². The number of amides is 3. The molecule has 0 aliphatic heterocycles. The topological polar surface area (TPSA) is 57.7 Å². The van der Waals surface area contributed by atoms with Gasteiger partial charge < -0.3 is 0 Å². The third kappa shape index (κ3) is 5.60. The summed E-state index contributed by atoms with van der Waals surface area (Å²) in [6, 6.07) is -1.37. The van der Waals surface area contributed by atoms with E-state index in [9.17, 15) is 27.6 Å². The quantitative estimate of drug-likeness (QED) is 0.379. The molecule has 0 aromatic carbocycles. The van der Waals surface area contributed by atoms with Gasteiger partial charge in [0.05, 0.1) is 0 Å². The number of rotatable bonds is 4. The Kier molecular flexibility index (Phi) is 7.88. The molecule has 1 saturated carbocycles. The van der Waals surface area contributed by atoms with Gasteiger partial charge in [-0.05, 0) is 27.7 Å². The standard InChI is InChI=1S/C21H32F4N2O3/c1-11(2)17(28)27(21(6,7)8)16(25)18(29)26(19(30)20(3,4)5)12-9-13(22)15(24)14(23)10-12/h12-16H,1,9-10H2,2-8H3. The highest BCUT2D eigenvalue weighted by Crippen LogP contribution is 2.34. The lowest BCUT2D eigenvalue weighted by atomic mass is 9.87. The number of hydrogen-bond donors (Lipinski definition) is 0. The Bertz CT molecular complexity index is 687. The highest BCUT2D eigenvalue weighted by atomic mass is 19.2. The molecule has 0 aromatic rings. The molecule has 1 rings (SSSR count). The lowest BCUT2D eigenvalue weighted by Gasteiger charge is -2.43. The molecule has 0 saturated heterocycles. The van der Waals surface area contributed by atoms with Crippen molar-refractivity contribution in [3.05, 3.63) is 12.2 Å². The van der Waals surface area contributed by atoms with E-state index in [2.05, 4.69) is 6.58 Å². The highest BCUT2D eigenvalue weighted by Gasteiger charge is 2.49. The molecule has 0 heterocycles. The molecule has 0 bridgehead atoms. The van der Waals surface area contributed by atoms with Gasteiger partial charge in [-0.3, -0.25) is 24.2 Å². The minimum absolute atomic E-state index is 0.0281. The van der Waals surface area contributed by atoms with E-state index in [1.807, 2.05) is 0 Å². The third-order valence-corrected chi connectivity index (χ3v) is 4.89. The lowest BCUT2D eigenvalue weighted by molar-refractivity contribution is -0.169. The number of carbonyl (C=O) groups excluding carboxylic acids is 3. The van der Waals surface area contributed by atoms with Crippen LogP contribution in [0.3, 0.4) is 0 Å². The Hall–Kier alpha value is -1.93. The Morgan fingerprint density at radius 2 is 1.40 bits per heavy atom. The van der Waals surface area contributed by atoms with Crippen LogP contribution >= 0.6 is 0 Å². The zero-order valence-electron chi connectivity index (χ0n) is 18.6. The summed E-state index contributed by atoms with van der Waals surface area (Å²) >= 11 is 0. The maximum atomic E-state index is 15.5. The number of carbonyl (C=O) groups is 3. The van der Waals surface area contributed by atoms with Crippen molar-refractivity contribution in [2.75, 3.05) is 0 Å². The highest BCUT2D eigenvalue weighted by molar-refractivity contribution is 6.02. The van der Waals surface area contributed by atoms with E-state index in [0.29, 0.717) is 9.80 Å². The lowest BCUT2D eigenvalue weighted by Crippen LogP contribution is -2.61. The monoisotopic (exact) mass is 436 g/mol. The van der Waals surface area contributed by atoms with Crippen molar-refractivity contribution in [2.45, 2.75) is 97.7 Å². The summed E-state index contributed by atoms with van der Waals surface area (Å²) in [7, 11) is 0. The molecule has 3 atom stereocenters. The summed E-state index contributed by atoms with van der Waals surface area (Å²) in [4.78, 5) is 39.7. The number of nitrogens with zero attached hydrogens (tertiary/aromatic N) is 2. The Morgan fingerprint density at radius 1 is 0.967 bits per heavy atom.